The van der Waals surface area contributed by atoms with Crippen molar-refractivity contribution in [1.29, 1.82) is 0 Å². The molecule has 0 unspecified atom stereocenters. The number of ether oxygens (including phenoxy) is 2. The molecule has 2 fully saturated rings. The van der Waals surface area contributed by atoms with E-state index in [9.17, 15) is 4.79 Å². The lowest BCUT2D eigenvalue weighted by molar-refractivity contribution is -0.141. The lowest BCUT2D eigenvalue weighted by atomic mass is 10.0. The van der Waals surface area contributed by atoms with Gasteiger partial charge in [-0.3, -0.25) is 4.79 Å². The summed E-state index contributed by atoms with van der Waals surface area (Å²) in [5, 5.41) is 3.34. The number of fused-ring (bicyclic) bond motifs is 1. The van der Waals surface area contributed by atoms with Gasteiger partial charge in [-0.15, -0.1) is 0 Å². The highest BCUT2D eigenvalue weighted by atomic mass is 16.5. The Morgan fingerprint density at radius 3 is 3.19 bits per heavy atom. The van der Waals surface area contributed by atoms with Gasteiger partial charge >= 0.3 is 0 Å². The molecule has 0 bridgehead atoms. The van der Waals surface area contributed by atoms with Gasteiger partial charge in [0.15, 0.2) is 5.82 Å². The summed E-state index contributed by atoms with van der Waals surface area (Å²) in [5.74, 6) is 0.827. The van der Waals surface area contributed by atoms with Crippen LogP contribution in [0.2, 0.25) is 0 Å². The van der Waals surface area contributed by atoms with E-state index in [0.717, 1.165) is 76.3 Å². The third-order valence-corrected chi connectivity index (χ3v) is 5.50. The molecule has 4 rings (SSSR count). The molecule has 0 aliphatic carbocycles. The van der Waals surface area contributed by atoms with E-state index in [1.807, 2.05) is 11.1 Å². The number of aromatic nitrogens is 2. The van der Waals surface area contributed by atoms with Gasteiger partial charge in [0, 0.05) is 50.1 Å². The molecule has 26 heavy (non-hydrogen) atoms. The fourth-order valence-corrected chi connectivity index (χ4v) is 4.05. The summed E-state index contributed by atoms with van der Waals surface area (Å²) in [6.07, 6.45) is 8.17. The highest BCUT2D eigenvalue weighted by Crippen LogP contribution is 2.29. The Balaban J connectivity index is 1.40. The van der Waals surface area contributed by atoms with E-state index in [1.54, 1.807) is 0 Å². The lowest BCUT2D eigenvalue weighted by Gasteiger charge is -2.35. The van der Waals surface area contributed by atoms with Gasteiger partial charge in [-0.1, -0.05) is 0 Å². The Morgan fingerprint density at radius 1 is 1.35 bits per heavy atom. The van der Waals surface area contributed by atoms with Gasteiger partial charge in [0.05, 0.1) is 18.8 Å². The normalized spacial score (nSPS) is 25.9. The summed E-state index contributed by atoms with van der Waals surface area (Å²) in [6, 6.07) is -0.0252. The minimum absolute atomic E-state index is 0.0252. The topological polar surface area (TPSA) is 76.6 Å². The van der Waals surface area contributed by atoms with Crippen LogP contribution in [0.1, 0.15) is 55.2 Å². The monoisotopic (exact) mass is 360 g/mol. The molecule has 2 atom stereocenters. The van der Waals surface area contributed by atoms with Crippen molar-refractivity contribution in [3.8, 4) is 0 Å². The third-order valence-electron chi connectivity index (χ3n) is 5.50. The first-order valence-corrected chi connectivity index (χ1v) is 9.85. The van der Waals surface area contributed by atoms with Crippen LogP contribution in [0.25, 0.3) is 0 Å². The highest BCUT2D eigenvalue weighted by molar-refractivity contribution is 5.78. The van der Waals surface area contributed by atoms with Crippen molar-refractivity contribution in [2.75, 3.05) is 32.9 Å². The Hall–Kier alpha value is -1.57. The van der Waals surface area contributed by atoms with Crippen LogP contribution in [-0.2, 0) is 27.2 Å². The lowest BCUT2D eigenvalue weighted by Crippen LogP contribution is -2.41. The van der Waals surface area contributed by atoms with Gasteiger partial charge < -0.3 is 19.7 Å². The summed E-state index contributed by atoms with van der Waals surface area (Å²) >= 11 is 0. The van der Waals surface area contributed by atoms with E-state index in [4.69, 9.17) is 14.5 Å². The first-order chi connectivity index (χ1) is 12.8. The molecule has 7 nitrogen and oxygen atoms in total. The van der Waals surface area contributed by atoms with Crippen molar-refractivity contribution >= 4 is 5.91 Å². The fourth-order valence-electron chi connectivity index (χ4n) is 4.05. The predicted octanol–water partition coefficient (Wildman–Crippen LogP) is 1.37. The zero-order chi connectivity index (χ0) is 17.8. The zero-order valence-corrected chi connectivity index (χ0v) is 15.3. The number of nitrogens with zero attached hydrogens (tertiary/aromatic N) is 3. The van der Waals surface area contributed by atoms with Crippen LogP contribution in [0.5, 0.6) is 0 Å². The number of piperidine rings is 1. The summed E-state index contributed by atoms with van der Waals surface area (Å²) in [7, 11) is 0. The zero-order valence-electron chi connectivity index (χ0n) is 15.3. The molecular formula is C19H28N4O3. The van der Waals surface area contributed by atoms with Gasteiger partial charge in [-0.25, -0.2) is 9.97 Å². The van der Waals surface area contributed by atoms with Crippen molar-refractivity contribution in [3.63, 3.8) is 0 Å². The number of rotatable bonds is 5. The molecule has 3 aliphatic rings. The first kappa shape index (κ1) is 17.8. The van der Waals surface area contributed by atoms with E-state index >= 15 is 0 Å². The van der Waals surface area contributed by atoms with Crippen molar-refractivity contribution in [2.45, 2.75) is 57.2 Å². The first-order valence-electron chi connectivity index (χ1n) is 9.85. The highest BCUT2D eigenvalue weighted by Gasteiger charge is 2.31. The van der Waals surface area contributed by atoms with Crippen LogP contribution in [0.15, 0.2) is 6.20 Å². The van der Waals surface area contributed by atoms with Crippen LogP contribution in [0, 0.1) is 0 Å². The molecule has 1 N–H and O–H groups in total. The molecule has 142 valence electrons. The summed E-state index contributed by atoms with van der Waals surface area (Å²) in [5.41, 5.74) is 2.30. The van der Waals surface area contributed by atoms with E-state index < -0.39 is 0 Å². The number of hydrogen-bond acceptors (Lipinski definition) is 6. The summed E-state index contributed by atoms with van der Waals surface area (Å²) in [4.78, 5) is 24.1. The smallest absolute Gasteiger partial charge is 0.249 e. The van der Waals surface area contributed by atoms with Crippen LogP contribution in [0.4, 0.5) is 0 Å². The minimum atomic E-state index is -0.0252. The fraction of sp³-hybridized carbons (Fsp3) is 0.737. The van der Waals surface area contributed by atoms with Gasteiger partial charge in [0.1, 0.15) is 6.61 Å². The van der Waals surface area contributed by atoms with E-state index in [2.05, 4.69) is 10.3 Å². The molecule has 7 heteroatoms. The average molecular weight is 360 g/mol. The Kier molecular flexibility index (Phi) is 5.77. The van der Waals surface area contributed by atoms with Gasteiger partial charge in [-0.2, -0.15) is 0 Å². The van der Waals surface area contributed by atoms with E-state index in [1.165, 1.54) is 5.56 Å². The number of hydrogen-bond donors (Lipinski definition) is 1. The van der Waals surface area contributed by atoms with Crippen molar-refractivity contribution < 1.29 is 14.3 Å². The van der Waals surface area contributed by atoms with Crippen LogP contribution in [-0.4, -0.2) is 59.8 Å². The number of nitrogens with one attached hydrogen (secondary N) is 1. The SMILES string of the molecule is O=C(COC[C@@H]1CCCO1)N1CCCC[C@@H]1c1ncc2c(n1)CCNC2. The predicted molar refractivity (Wildman–Crippen MR) is 95.5 cm³/mol. The van der Waals surface area contributed by atoms with Crippen LogP contribution in [0.3, 0.4) is 0 Å². The summed E-state index contributed by atoms with van der Waals surface area (Å²) < 4.78 is 11.2. The maximum absolute atomic E-state index is 12.7. The molecule has 1 aromatic rings. The van der Waals surface area contributed by atoms with Gasteiger partial charge in [0.2, 0.25) is 5.91 Å². The van der Waals surface area contributed by atoms with E-state index in [-0.39, 0.29) is 24.7 Å². The maximum Gasteiger partial charge on any atom is 0.249 e. The summed E-state index contributed by atoms with van der Waals surface area (Å²) in [6.45, 7) is 3.97. The molecule has 0 spiro atoms. The molecule has 2 saturated heterocycles. The Bertz CT molecular complexity index is 633. The van der Waals surface area contributed by atoms with E-state index in [0.29, 0.717) is 6.61 Å². The van der Waals surface area contributed by atoms with Crippen molar-refractivity contribution in [2.24, 2.45) is 0 Å². The number of carbonyl (C=O) groups is 1. The second-order valence-electron chi connectivity index (χ2n) is 7.38. The molecule has 0 aromatic carbocycles. The van der Waals surface area contributed by atoms with Crippen LogP contribution < -0.4 is 5.32 Å². The largest absolute Gasteiger partial charge is 0.376 e. The average Bonchev–Trinajstić information content (AvgIpc) is 3.21. The Labute approximate surface area is 154 Å². The quantitative estimate of drug-likeness (QED) is 0.855. The molecular weight excluding hydrogens is 332 g/mol. The standard InChI is InChI=1S/C19H28N4O3/c24-18(13-25-12-15-4-3-9-26-15)23-8-2-1-5-17(23)19-21-11-14-10-20-7-6-16(14)22-19/h11,15,17,20H,1-10,12-13H2/t15-,17+/m0/s1. The molecule has 0 radical (unpaired) electrons. The second kappa shape index (κ2) is 8.41. The minimum Gasteiger partial charge on any atom is -0.376 e. The molecule has 1 aromatic heterocycles. The number of amides is 1. The molecule has 3 aliphatic heterocycles. The molecule has 1 amide bonds. The number of carbonyl (C=O) groups excluding carboxylic acids is 1. The maximum atomic E-state index is 12.7. The molecule has 0 saturated carbocycles. The van der Waals surface area contributed by atoms with Gasteiger partial charge in [-0.05, 0) is 32.1 Å². The van der Waals surface area contributed by atoms with Crippen molar-refractivity contribution in [3.05, 3.63) is 23.3 Å². The Morgan fingerprint density at radius 2 is 2.31 bits per heavy atom. The van der Waals surface area contributed by atoms with Crippen LogP contribution >= 0.6 is 0 Å². The third kappa shape index (κ3) is 4.05. The van der Waals surface area contributed by atoms with Gasteiger partial charge in [0.25, 0.3) is 0 Å². The second-order valence-corrected chi connectivity index (χ2v) is 7.38. The van der Waals surface area contributed by atoms with Crippen molar-refractivity contribution in [1.82, 2.24) is 20.2 Å². The molecule has 4 heterocycles. The number of likely N-dealkylation sites (tertiary alicyclic amines) is 1.